The summed E-state index contributed by atoms with van der Waals surface area (Å²) in [7, 11) is 1.90. The van der Waals surface area contributed by atoms with Crippen molar-refractivity contribution in [2.24, 2.45) is 7.05 Å². The third kappa shape index (κ3) is 5.66. The summed E-state index contributed by atoms with van der Waals surface area (Å²) in [6.07, 6.45) is 2.10. The summed E-state index contributed by atoms with van der Waals surface area (Å²) in [4.78, 5) is 0. The summed E-state index contributed by atoms with van der Waals surface area (Å²) in [5, 5.41) is 8.81. The zero-order valence-electron chi connectivity index (χ0n) is 13.6. The first-order valence-corrected chi connectivity index (χ1v) is 8.66. The largest absolute Gasteiger partial charge is 0.313 e. The summed E-state index contributed by atoms with van der Waals surface area (Å²) in [5.41, 5.74) is 2.22. The van der Waals surface area contributed by atoms with Crippen LogP contribution in [0.1, 0.15) is 45.4 Å². The molecule has 0 amide bonds. The van der Waals surface area contributed by atoms with E-state index in [0.717, 1.165) is 36.0 Å². The number of rotatable bonds is 7. The quantitative estimate of drug-likeness (QED) is 0.829. The van der Waals surface area contributed by atoms with Gasteiger partial charge in [-0.3, -0.25) is 4.68 Å². The average Bonchev–Trinajstić information content (AvgIpc) is 2.57. The van der Waals surface area contributed by atoms with E-state index in [1.54, 1.807) is 4.68 Å². The lowest BCUT2D eigenvalue weighted by molar-refractivity contribution is 0.547. The Hall–Kier alpha value is -0.190. The standard InChI is InChI=1S/C15H28ClN3S/c1-7-8-17-12(10-20-15(3,4)5)9-13-11(2)18-19(6)14(13)16/h12,17H,7-10H2,1-6H3. The second-order valence-corrected chi connectivity index (χ2v) is 8.46. The Kier molecular flexibility index (Phi) is 6.89. The fraction of sp³-hybridized carbons (Fsp3) is 0.800. The number of aromatic nitrogens is 2. The predicted molar refractivity (Wildman–Crippen MR) is 91.0 cm³/mol. The van der Waals surface area contributed by atoms with E-state index >= 15 is 0 Å². The smallest absolute Gasteiger partial charge is 0.130 e. The van der Waals surface area contributed by atoms with Crippen LogP contribution in [0.4, 0.5) is 0 Å². The first kappa shape index (κ1) is 17.9. The Morgan fingerprint density at radius 3 is 2.50 bits per heavy atom. The lowest BCUT2D eigenvalue weighted by Crippen LogP contribution is -2.35. The lowest BCUT2D eigenvalue weighted by Gasteiger charge is -2.24. The minimum absolute atomic E-state index is 0.292. The summed E-state index contributed by atoms with van der Waals surface area (Å²) in [6, 6.07) is 0.444. The Bertz CT molecular complexity index is 423. The zero-order valence-corrected chi connectivity index (χ0v) is 15.2. The van der Waals surface area contributed by atoms with E-state index < -0.39 is 0 Å². The highest BCUT2D eigenvalue weighted by Crippen LogP contribution is 2.26. The van der Waals surface area contributed by atoms with Crippen LogP contribution in [0.15, 0.2) is 0 Å². The van der Waals surface area contributed by atoms with E-state index in [-0.39, 0.29) is 0 Å². The van der Waals surface area contributed by atoms with Gasteiger partial charge in [-0.2, -0.15) is 16.9 Å². The number of halogens is 1. The zero-order chi connectivity index (χ0) is 15.3. The molecule has 0 aliphatic carbocycles. The molecule has 1 unspecified atom stereocenters. The maximum Gasteiger partial charge on any atom is 0.130 e. The molecule has 0 aliphatic rings. The monoisotopic (exact) mass is 317 g/mol. The number of aryl methyl sites for hydroxylation is 2. The van der Waals surface area contributed by atoms with Gasteiger partial charge in [-0.1, -0.05) is 39.3 Å². The van der Waals surface area contributed by atoms with Crippen LogP contribution in [0.2, 0.25) is 5.15 Å². The van der Waals surface area contributed by atoms with Crippen LogP contribution in [-0.4, -0.2) is 32.9 Å². The second kappa shape index (κ2) is 7.71. The van der Waals surface area contributed by atoms with Crippen LogP contribution in [0.5, 0.6) is 0 Å². The minimum Gasteiger partial charge on any atom is -0.313 e. The molecule has 1 rings (SSSR count). The highest BCUT2D eigenvalue weighted by molar-refractivity contribution is 8.00. The molecule has 1 heterocycles. The van der Waals surface area contributed by atoms with E-state index in [4.69, 9.17) is 11.6 Å². The molecule has 1 atom stereocenters. The molecule has 1 aromatic heterocycles. The van der Waals surface area contributed by atoms with Crippen LogP contribution in [0.25, 0.3) is 0 Å². The number of hydrogen-bond donors (Lipinski definition) is 1. The number of nitrogens with zero attached hydrogens (tertiary/aromatic N) is 2. The highest BCUT2D eigenvalue weighted by atomic mass is 35.5. The van der Waals surface area contributed by atoms with Gasteiger partial charge in [-0.25, -0.2) is 0 Å². The molecule has 1 N–H and O–H groups in total. The molecule has 0 aromatic carbocycles. The summed E-state index contributed by atoms with van der Waals surface area (Å²) in [6.45, 7) is 12.1. The van der Waals surface area contributed by atoms with E-state index in [1.807, 2.05) is 25.7 Å². The predicted octanol–water partition coefficient (Wildman–Crippen LogP) is 3.82. The second-order valence-electron chi connectivity index (χ2n) is 6.26. The van der Waals surface area contributed by atoms with Crippen molar-refractivity contribution < 1.29 is 0 Å². The van der Waals surface area contributed by atoms with Crippen LogP contribution in [0.3, 0.4) is 0 Å². The molecule has 20 heavy (non-hydrogen) atoms. The fourth-order valence-corrected chi connectivity index (χ4v) is 3.23. The van der Waals surface area contributed by atoms with Gasteiger partial charge in [0.05, 0.1) is 5.69 Å². The maximum atomic E-state index is 6.35. The lowest BCUT2D eigenvalue weighted by atomic mass is 10.1. The van der Waals surface area contributed by atoms with Gasteiger partial charge in [-0.05, 0) is 26.3 Å². The number of hydrogen-bond acceptors (Lipinski definition) is 3. The number of thioether (sulfide) groups is 1. The average molecular weight is 318 g/mol. The first-order valence-electron chi connectivity index (χ1n) is 7.30. The van der Waals surface area contributed by atoms with E-state index in [9.17, 15) is 0 Å². The van der Waals surface area contributed by atoms with Gasteiger partial charge in [0.1, 0.15) is 5.15 Å². The summed E-state index contributed by atoms with van der Waals surface area (Å²) in [5.74, 6) is 1.09. The molecule has 0 aliphatic heterocycles. The van der Waals surface area contributed by atoms with Crippen LogP contribution < -0.4 is 5.32 Å². The normalized spacial score (nSPS) is 13.8. The van der Waals surface area contributed by atoms with Crippen molar-refractivity contribution in [2.75, 3.05) is 12.3 Å². The van der Waals surface area contributed by atoms with Crippen LogP contribution in [-0.2, 0) is 13.5 Å². The van der Waals surface area contributed by atoms with Gasteiger partial charge in [-0.15, -0.1) is 0 Å². The van der Waals surface area contributed by atoms with Gasteiger partial charge in [0.15, 0.2) is 0 Å². The molecule has 116 valence electrons. The fourth-order valence-electron chi connectivity index (χ4n) is 2.04. The van der Waals surface area contributed by atoms with E-state index in [1.165, 1.54) is 5.56 Å². The van der Waals surface area contributed by atoms with Gasteiger partial charge in [0.25, 0.3) is 0 Å². The number of nitrogens with one attached hydrogen (secondary N) is 1. The van der Waals surface area contributed by atoms with Crippen molar-refractivity contribution in [2.45, 2.75) is 58.2 Å². The Labute approximate surface area is 132 Å². The molecule has 0 spiro atoms. The van der Waals surface area contributed by atoms with Gasteiger partial charge >= 0.3 is 0 Å². The molecule has 0 fully saturated rings. The Balaban J connectivity index is 2.73. The topological polar surface area (TPSA) is 29.9 Å². The van der Waals surface area contributed by atoms with Crippen molar-refractivity contribution in [1.82, 2.24) is 15.1 Å². The van der Waals surface area contributed by atoms with Gasteiger partial charge in [0.2, 0.25) is 0 Å². The summed E-state index contributed by atoms with van der Waals surface area (Å²) >= 11 is 8.35. The van der Waals surface area contributed by atoms with Gasteiger partial charge in [0, 0.05) is 29.2 Å². The molecule has 1 aromatic rings. The molecular weight excluding hydrogens is 290 g/mol. The molecular formula is C15H28ClN3S. The van der Waals surface area contributed by atoms with Crippen molar-refractivity contribution in [1.29, 1.82) is 0 Å². The summed E-state index contributed by atoms with van der Waals surface area (Å²) < 4.78 is 2.06. The van der Waals surface area contributed by atoms with Crippen LogP contribution >= 0.6 is 23.4 Å². The maximum absolute atomic E-state index is 6.35. The van der Waals surface area contributed by atoms with Crippen molar-refractivity contribution in [3.8, 4) is 0 Å². The molecule has 0 bridgehead atoms. The van der Waals surface area contributed by atoms with E-state index in [0.29, 0.717) is 10.8 Å². The SMILES string of the molecule is CCCNC(CSC(C)(C)C)Cc1c(C)nn(C)c1Cl. The Morgan fingerprint density at radius 1 is 1.40 bits per heavy atom. The van der Waals surface area contributed by atoms with Crippen molar-refractivity contribution >= 4 is 23.4 Å². The van der Waals surface area contributed by atoms with Crippen molar-refractivity contribution in [3.63, 3.8) is 0 Å². The van der Waals surface area contributed by atoms with E-state index in [2.05, 4.69) is 38.1 Å². The highest BCUT2D eigenvalue weighted by Gasteiger charge is 2.19. The molecule has 0 saturated heterocycles. The Morgan fingerprint density at radius 2 is 2.05 bits per heavy atom. The molecule has 3 nitrogen and oxygen atoms in total. The third-order valence-corrected chi connectivity index (χ3v) is 5.03. The van der Waals surface area contributed by atoms with Crippen molar-refractivity contribution in [3.05, 3.63) is 16.4 Å². The molecule has 0 saturated carbocycles. The first-order chi connectivity index (χ1) is 9.24. The van der Waals surface area contributed by atoms with Gasteiger partial charge < -0.3 is 5.32 Å². The van der Waals surface area contributed by atoms with Crippen LogP contribution in [0, 0.1) is 6.92 Å². The molecule has 5 heteroatoms. The molecule has 0 radical (unpaired) electrons. The minimum atomic E-state index is 0.292. The third-order valence-electron chi connectivity index (χ3n) is 3.12.